The highest BCUT2D eigenvalue weighted by Crippen LogP contribution is 2.32. The molecule has 3 aromatic carbocycles. The summed E-state index contributed by atoms with van der Waals surface area (Å²) in [7, 11) is 0. The van der Waals surface area contributed by atoms with Crippen LogP contribution in [0.5, 0.6) is 0 Å². The predicted molar refractivity (Wildman–Crippen MR) is 155 cm³/mol. The molecule has 38 heavy (non-hydrogen) atoms. The van der Waals surface area contributed by atoms with Crippen molar-refractivity contribution in [2.75, 3.05) is 29.5 Å². The molecule has 1 aliphatic rings. The van der Waals surface area contributed by atoms with E-state index in [1.807, 2.05) is 25.1 Å². The number of fused-ring (bicyclic) bond motifs is 1. The van der Waals surface area contributed by atoms with E-state index in [9.17, 15) is 14.4 Å². The van der Waals surface area contributed by atoms with Crippen LogP contribution in [0.4, 0.5) is 11.4 Å². The summed E-state index contributed by atoms with van der Waals surface area (Å²) in [5, 5.41) is 6.37. The second-order valence-electron chi connectivity index (χ2n) is 8.96. The van der Waals surface area contributed by atoms with E-state index in [4.69, 9.17) is 11.6 Å². The molecular weight excluding hydrogens is 540 g/mol. The van der Waals surface area contributed by atoms with Crippen LogP contribution in [-0.2, 0) is 4.79 Å². The Labute approximate surface area is 233 Å². The van der Waals surface area contributed by atoms with Gasteiger partial charge in [-0.15, -0.1) is 11.3 Å². The Balaban J connectivity index is 1.24. The number of thiazole rings is 1. The Morgan fingerprint density at radius 3 is 2.55 bits per heavy atom. The quantitative estimate of drug-likeness (QED) is 0.251. The van der Waals surface area contributed by atoms with Gasteiger partial charge in [-0.2, -0.15) is 0 Å². The second kappa shape index (κ2) is 11.6. The zero-order valence-corrected chi connectivity index (χ0v) is 23.0. The number of hydrogen-bond donors (Lipinski definition) is 2. The molecule has 1 aliphatic heterocycles. The number of benzene rings is 3. The summed E-state index contributed by atoms with van der Waals surface area (Å²) < 4.78 is 1.64. The van der Waals surface area contributed by atoms with Gasteiger partial charge in [-0.1, -0.05) is 41.6 Å². The minimum absolute atomic E-state index is 0.109. The Morgan fingerprint density at radius 1 is 1.00 bits per heavy atom. The summed E-state index contributed by atoms with van der Waals surface area (Å²) in [5.41, 5.74) is 3.79. The van der Waals surface area contributed by atoms with Gasteiger partial charge in [0.1, 0.15) is 0 Å². The van der Waals surface area contributed by atoms with Gasteiger partial charge in [-0.3, -0.25) is 14.4 Å². The van der Waals surface area contributed by atoms with Crippen LogP contribution in [0.1, 0.15) is 39.1 Å². The molecule has 2 N–H and O–H groups in total. The third-order valence-corrected chi connectivity index (χ3v) is 8.62. The van der Waals surface area contributed by atoms with E-state index in [0.29, 0.717) is 27.5 Å². The lowest BCUT2D eigenvalue weighted by Crippen LogP contribution is -2.29. The molecule has 1 aromatic heterocycles. The molecule has 0 unspecified atom stereocenters. The van der Waals surface area contributed by atoms with Gasteiger partial charge >= 0.3 is 0 Å². The highest BCUT2D eigenvalue weighted by molar-refractivity contribution is 8.01. The van der Waals surface area contributed by atoms with Crippen molar-refractivity contribution in [1.29, 1.82) is 0 Å². The molecule has 7 nitrogen and oxygen atoms in total. The topological polar surface area (TPSA) is 91.4 Å². The number of nitrogens with one attached hydrogen (secondary N) is 2. The van der Waals surface area contributed by atoms with Gasteiger partial charge < -0.3 is 15.5 Å². The van der Waals surface area contributed by atoms with Crippen molar-refractivity contribution in [2.45, 2.75) is 24.1 Å². The SMILES string of the molecule is Cc1ccc(Cl)cc1NC(=O)CSc1nc2ccc(NC(=O)c3ccccc3C(=O)N3CCCC3)cc2s1. The van der Waals surface area contributed by atoms with Crippen molar-refractivity contribution in [2.24, 2.45) is 0 Å². The summed E-state index contributed by atoms with van der Waals surface area (Å²) in [5.74, 6) is -0.381. The lowest BCUT2D eigenvalue weighted by atomic mass is 10.1. The molecule has 0 aliphatic carbocycles. The number of halogens is 1. The molecule has 4 aromatic rings. The van der Waals surface area contributed by atoms with E-state index in [1.165, 1.54) is 23.1 Å². The molecule has 1 fully saturated rings. The van der Waals surface area contributed by atoms with E-state index in [2.05, 4.69) is 15.6 Å². The highest BCUT2D eigenvalue weighted by atomic mass is 35.5. The Bertz CT molecular complexity index is 1530. The number of amides is 3. The molecular formula is C28H25ClN4O3S2. The Kier molecular flexibility index (Phi) is 7.97. The molecule has 194 valence electrons. The number of likely N-dealkylation sites (tertiary alicyclic amines) is 1. The fourth-order valence-electron chi connectivity index (χ4n) is 4.24. The van der Waals surface area contributed by atoms with E-state index < -0.39 is 0 Å². The number of thioether (sulfide) groups is 1. The molecule has 3 amide bonds. The average Bonchev–Trinajstić information content (AvgIpc) is 3.59. The summed E-state index contributed by atoms with van der Waals surface area (Å²) in [6, 6.07) is 17.8. The fourth-order valence-corrected chi connectivity index (χ4v) is 6.32. The van der Waals surface area contributed by atoms with Gasteiger partial charge in [0.25, 0.3) is 11.8 Å². The first-order chi connectivity index (χ1) is 18.4. The third kappa shape index (κ3) is 6.01. The normalized spacial score (nSPS) is 13.1. The molecule has 0 saturated carbocycles. The molecule has 5 rings (SSSR count). The van der Waals surface area contributed by atoms with Gasteiger partial charge in [-0.05, 0) is 67.8 Å². The maximum Gasteiger partial charge on any atom is 0.256 e. The minimum Gasteiger partial charge on any atom is -0.339 e. The lowest BCUT2D eigenvalue weighted by molar-refractivity contribution is -0.113. The summed E-state index contributed by atoms with van der Waals surface area (Å²) in [4.78, 5) is 44.9. The lowest BCUT2D eigenvalue weighted by Gasteiger charge is -2.17. The number of aryl methyl sites for hydroxylation is 1. The van der Waals surface area contributed by atoms with Crippen molar-refractivity contribution in [1.82, 2.24) is 9.88 Å². The molecule has 0 bridgehead atoms. The number of carbonyl (C=O) groups excluding carboxylic acids is 3. The van der Waals surface area contributed by atoms with Crippen molar-refractivity contribution >= 4 is 74.0 Å². The zero-order chi connectivity index (χ0) is 26.6. The molecule has 0 spiro atoms. The summed E-state index contributed by atoms with van der Waals surface area (Å²) in [6.45, 7) is 3.35. The predicted octanol–water partition coefficient (Wildman–Crippen LogP) is 6.48. The smallest absolute Gasteiger partial charge is 0.256 e. The maximum atomic E-state index is 13.1. The van der Waals surface area contributed by atoms with E-state index in [-0.39, 0.29) is 23.5 Å². The van der Waals surface area contributed by atoms with Gasteiger partial charge in [0.2, 0.25) is 5.91 Å². The van der Waals surface area contributed by atoms with Crippen molar-refractivity contribution in [3.05, 3.63) is 82.4 Å². The minimum atomic E-state index is -0.334. The number of hydrogen-bond acceptors (Lipinski definition) is 6. The molecule has 10 heteroatoms. The van der Waals surface area contributed by atoms with Crippen LogP contribution in [0, 0.1) is 6.92 Å². The van der Waals surface area contributed by atoms with Gasteiger partial charge in [0.15, 0.2) is 4.34 Å². The van der Waals surface area contributed by atoms with E-state index >= 15 is 0 Å². The van der Waals surface area contributed by atoms with Crippen LogP contribution in [0.15, 0.2) is 65.0 Å². The standard InChI is InChI=1S/C28H25ClN4O3S2/c1-17-8-9-18(29)14-23(17)31-25(34)16-37-28-32-22-11-10-19(15-24(22)38-28)30-26(35)20-6-2-3-7-21(20)27(36)33-12-4-5-13-33/h2-3,6-11,14-15H,4-5,12-13,16H2,1H3,(H,30,35)(H,31,34). The van der Waals surface area contributed by atoms with E-state index in [0.717, 1.165) is 46.1 Å². The van der Waals surface area contributed by atoms with Crippen molar-refractivity contribution < 1.29 is 14.4 Å². The van der Waals surface area contributed by atoms with Gasteiger partial charge in [0.05, 0.1) is 27.1 Å². The number of aromatic nitrogens is 1. The first-order valence-electron chi connectivity index (χ1n) is 12.2. The van der Waals surface area contributed by atoms with Crippen molar-refractivity contribution in [3.8, 4) is 0 Å². The van der Waals surface area contributed by atoms with Gasteiger partial charge in [0, 0.05) is 29.5 Å². The van der Waals surface area contributed by atoms with Crippen LogP contribution in [0.3, 0.4) is 0 Å². The van der Waals surface area contributed by atoms with E-state index in [1.54, 1.807) is 47.4 Å². The Hall–Kier alpha value is -3.40. The fraction of sp³-hybridized carbons (Fsp3) is 0.214. The molecule has 0 radical (unpaired) electrons. The van der Waals surface area contributed by atoms with Crippen LogP contribution < -0.4 is 10.6 Å². The van der Waals surface area contributed by atoms with Crippen LogP contribution in [0.2, 0.25) is 5.02 Å². The van der Waals surface area contributed by atoms with Crippen LogP contribution in [0.25, 0.3) is 10.2 Å². The maximum absolute atomic E-state index is 13.1. The van der Waals surface area contributed by atoms with Crippen LogP contribution >= 0.6 is 34.7 Å². The molecule has 0 atom stereocenters. The Morgan fingerprint density at radius 2 is 1.76 bits per heavy atom. The van der Waals surface area contributed by atoms with Crippen molar-refractivity contribution in [3.63, 3.8) is 0 Å². The number of anilines is 2. The third-order valence-electron chi connectivity index (χ3n) is 6.22. The number of carbonyl (C=O) groups is 3. The highest BCUT2D eigenvalue weighted by Gasteiger charge is 2.24. The zero-order valence-electron chi connectivity index (χ0n) is 20.6. The average molecular weight is 565 g/mol. The summed E-state index contributed by atoms with van der Waals surface area (Å²) in [6.07, 6.45) is 1.98. The summed E-state index contributed by atoms with van der Waals surface area (Å²) >= 11 is 8.84. The number of nitrogens with zero attached hydrogens (tertiary/aromatic N) is 2. The monoisotopic (exact) mass is 564 g/mol. The second-order valence-corrected chi connectivity index (χ2v) is 11.6. The molecule has 2 heterocycles. The number of rotatable bonds is 7. The van der Waals surface area contributed by atoms with Gasteiger partial charge in [-0.25, -0.2) is 4.98 Å². The molecule has 1 saturated heterocycles. The van der Waals surface area contributed by atoms with Crippen LogP contribution in [-0.4, -0.2) is 46.4 Å². The first kappa shape index (κ1) is 26.2. The first-order valence-corrected chi connectivity index (χ1v) is 14.3. The largest absolute Gasteiger partial charge is 0.339 e.